The molecule has 5 rings (SSSR count). The van der Waals surface area contributed by atoms with Gasteiger partial charge in [-0.25, -0.2) is 0 Å². The highest BCUT2D eigenvalue weighted by Crippen LogP contribution is 2.43. The Morgan fingerprint density at radius 2 is 1.25 bits per heavy atom. The summed E-state index contributed by atoms with van der Waals surface area (Å²) in [5, 5.41) is 0.981. The molecule has 3 aromatic carbocycles. The Morgan fingerprint density at radius 1 is 0.750 bits per heavy atom. The van der Waals surface area contributed by atoms with E-state index < -0.39 is 0 Å². The number of rotatable bonds is 1. The van der Waals surface area contributed by atoms with Crippen LogP contribution in [0.15, 0.2) is 101 Å². The fourth-order valence-electron chi connectivity index (χ4n) is 4.10. The average Bonchev–Trinajstić information content (AvgIpc) is 2.84. The van der Waals surface area contributed by atoms with Crippen molar-refractivity contribution in [1.82, 2.24) is 0 Å². The highest BCUT2D eigenvalue weighted by molar-refractivity contribution is 9.10. The summed E-state index contributed by atoms with van der Waals surface area (Å²) in [6, 6.07) is 20.9. The number of benzene rings is 3. The largest absolute Gasteiger partial charge is 0.143 e. The second-order valence-corrected chi connectivity index (χ2v) is 17.0. The molecule has 0 nitrogen and oxygen atoms in total. The van der Waals surface area contributed by atoms with Crippen LogP contribution in [0.1, 0.15) is 65.5 Å². The van der Waals surface area contributed by atoms with Crippen molar-refractivity contribution in [3.05, 3.63) is 92.4 Å². The number of thioether (sulfide) groups is 2. The maximum atomic E-state index is 4.36. The summed E-state index contributed by atoms with van der Waals surface area (Å²) in [6.45, 7) is 13.5. The van der Waals surface area contributed by atoms with Gasteiger partial charge in [-0.15, -0.1) is 48.8 Å². The van der Waals surface area contributed by atoms with Gasteiger partial charge in [0.05, 0.1) is 0 Å². The molecule has 3 aromatic rings. The van der Waals surface area contributed by atoms with Gasteiger partial charge in [-0.3, -0.25) is 0 Å². The molecule has 2 aliphatic heterocycles. The van der Waals surface area contributed by atoms with Crippen molar-refractivity contribution in [2.45, 2.75) is 84.8 Å². The van der Waals surface area contributed by atoms with E-state index in [0.717, 1.165) is 19.6 Å². The fraction of sp³-hybridized carbons (Fsp3) is 0.394. The number of allylic oxidation sites excluding steroid dienone is 2. The quantitative estimate of drug-likeness (QED) is 0.143. The van der Waals surface area contributed by atoms with Crippen LogP contribution < -0.4 is 0 Å². The van der Waals surface area contributed by atoms with E-state index in [0.29, 0.717) is 10.8 Å². The van der Waals surface area contributed by atoms with Crippen LogP contribution in [-0.2, 0) is 10.8 Å². The molecule has 0 saturated carbocycles. The van der Waals surface area contributed by atoms with Crippen LogP contribution in [0, 0.1) is 0 Å². The van der Waals surface area contributed by atoms with Crippen molar-refractivity contribution < 1.29 is 0 Å². The molecule has 0 amide bonds. The summed E-state index contributed by atoms with van der Waals surface area (Å²) in [5.74, 6) is 2.48. The lowest BCUT2D eigenvalue weighted by atomic mass is 9.82. The highest BCUT2D eigenvalue weighted by Gasteiger charge is 2.28. The van der Waals surface area contributed by atoms with Crippen LogP contribution in [0.4, 0.5) is 0 Å². The first-order chi connectivity index (χ1) is 18.7. The van der Waals surface area contributed by atoms with E-state index in [4.69, 9.17) is 0 Å². The Bertz CT molecular complexity index is 1180. The van der Waals surface area contributed by atoms with E-state index in [2.05, 4.69) is 157 Å². The van der Waals surface area contributed by atoms with Crippen molar-refractivity contribution >= 4 is 96.6 Å². The third-order valence-electron chi connectivity index (χ3n) is 6.63. The molecule has 0 atom stereocenters. The van der Waals surface area contributed by atoms with Gasteiger partial charge in [0.25, 0.3) is 0 Å². The number of alkyl halides is 1. The number of fused-ring (bicyclic) bond motifs is 2. The molecule has 0 spiro atoms. The second-order valence-electron chi connectivity index (χ2n) is 11.2. The molecule has 0 N–H and O–H groups in total. The zero-order valence-electron chi connectivity index (χ0n) is 24.2. The number of hydrogen-bond donors (Lipinski definition) is 2. The maximum Gasteiger partial charge on any atom is 0.0214 e. The minimum absolute atomic E-state index is 0.349. The van der Waals surface area contributed by atoms with Gasteiger partial charge in [0.15, 0.2) is 0 Å². The monoisotopic (exact) mass is 802 g/mol. The van der Waals surface area contributed by atoms with Gasteiger partial charge in [0.2, 0.25) is 0 Å². The summed E-state index contributed by atoms with van der Waals surface area (Å²) in [5.41, 5.74) is 5.07. The molecule has 0 unspecified atom stereocenters. The van der Waals surface area contributed by atoms with Gasteiger partial charge in [-0.2, -0.15) is 0 Å². The molecule has 0 bridgehead atoms. The number of thiol groups is 2. The van der Waals surface area contributed by atoms with E-state index in [1.807, 2.05) is 47.8 Å². The molecule has 0 fully saturated rings. The minimum atomic E-state index is 0.349. The first-order valence-electron chi connectivity index (χ1n) is 13.3. The first-order valence-corrected chi connectivity index (χ1v) is 18.9. The molecule has 0 aliphatic carbocycles. The molecule has 0 saturated heterocycles. The molecule has 218 valence electrons. The molecule has 2 aliphatic rings. The topological polar surface area (TPSA) is 0 Å². The Morgan fingerprint density at radius 3 is 1.70 bits per heavy atom. The Kier molecular flexibility index (Phi) is 16.0. The van der Waals surface area contributed by atoms with E-state index in [9.17, 15) is 0 Å². The van der Waals surface area contributed by atoms with Crippen LogP contribution in [0.25, 0.3) is 0 Å². The second kappa shape index (κ2) is 17.5. The zero-order valence-corrected chi connectivity index (χ0v) is 32.4. The van der Waals surface area contributed by atoms with Gasteiger partial charge in [0.1, 0.15) is 0 Å². The normalized spacial score (nSPS) is 15.8. The van der Waals surface area contributed by atoms with Crippen molar-refractivity contribution in [3.63, 3.8) is 0 Å². The van der Waals surface area contributed by atoms with Gasteiger partial charge >= 0.3 is 0 Å². The van der Waals surface area contributed by atoms with Crippen LogP contribution in [0.3, 0.4) is 0 Å². The molecule has 0 aromatic heterocycles. The lowest BCUT2D eigenvalue weighted by Gasteiger charge is -2.32. The molecular weight excluding hydrogens is 764 g/mol. The van der Waals surface area contributed by atoms with E-state index >= 15 is 0 Å². The third kappa shape index (κ3) is 12.5. The van der Waals surface area contributed by atoms with Crippen LogP contribution in [0.2, 0.25) is 0 Å². The molecule has 2 heterocycles. The highest BCUT2D eigenvalue weighted by atomic mass is 79.9. The Hall–Kier alpha value is 0.240. The van der Waals surface area contributed by atoms with E-state index in [1.54, 1.807) is 0 Å². The van der Waals surface area contributed by atoms with Gasteiger partial charge in [-0.05, 0) is 103 Å². The first kappa shape index (κ1) is 36.4. The minimum Gasteiger partial charge on any atom is -0.143 e. The van der Waals surface area contributed by atoms with Crippen molar-refractivity contribution in [2.24, 2.45) is 0 Å². The summed E-state index contributed by atoms with van der Waals surface area (Å²) < 4.78 is 2.27. The SMILES string of the molecule is CC(C)=CCBr.CC1(C)CCSc2cc(Br)ccc21.CC1(C)CCSc2cc(S)ccc21.Sc1cccc(Br)c1. The molecule has 40 heavy (non-hydrogen) atoms. The van der Waals surface area contributed by atoms with Crippen molar-refractivity contribution in [2.75, 3.05) is 16.8 Å². The van der Waals surface area contributed by atoms with Gasteiger partial charge in [0, 0.05) is 33.9 Å². The lowest BCUT2D eigenvalue weighted by Crippen LogP contribution is -2.22. The van der Waals surface area contributed by atoms with Crippen molar-refractivity contribution in [3.8, 4) is 0 Å². The van der Waals surface area contributed by atoms with Crippen molar-refractivity contribution in [1.29, 1.82) is 0 Å². The smallest absolute Gasteiger partial charge is 0.0214 e. The van der Waals surface area contributed by atoms with Crippen LogP contribution >= 0.6 is 96.6 Å². The van der Waals surface area contributed by atoms with E-state index in [1.165, 1.54) is 55.3 Å². The lowest BCUT2D eigenvalue weighted by molar-refractivity contribution is 0.493. The predicted octanol–water partition coefficient (Wildman–Crippen LogP) is 13.1. The predicted molar refractivity (Wildman–Crippen MR) is 199 cm³/mol. The molecular formula is C33H41Br3S4. The standard InChI is InChI=1S/C11H13BrS.C11H14S2.C6H5BrS.C5H9Br/c2*1-11(2)5-6-13-10-7-8(12)3-4-9(10)11;7-5-2-1-3-6(8)4-5;1-5(2)3-4-6/h3-4,7H,5-6H2,1-2H3;3-4,7,12H,5-6H2,1-2H3;1-4,8H;3H,4H2,1-2H3. The molecule has 0 radical (unpaired) electrons. The van der Waals surface area contributed by atoms with Crippen LogP contribution in [-0.4, -0.2) is 16.8 Å². The van der Waals surface area contributed by atoms with E-state index in [-0.39, 0.29) is 0 Å². The summed E-state index contributed by atoms with van der Waals surface area (Å²) >= 11 is 22.5. The number of halogens is 3. The maximum absolute atomic E-state index is 4.36. The molecule has 7 heteroatoms. The summed E-state index contributed by atoms with van der Waals surface area (Å²) in [7, 11) is 0. The fourth-order valence-corrected chi connectivity index (χ4v) is 9.43. The van der Waals surface area contributed by atoms with Gasteiger partial charge in [-0.1, -0.05) is 105 Å². The summed E-state index contributed by atoms with van der Waals surface area (Å²) in [4.78, 5) is 4.93. The Labute approximate surface area is 287 Å². The Balaban J connectivity index is 0.000000196. The zero-order chi connectivity index (χ0) is 29.9. The number of hydrogen-bond acceptors (Lipinski definition) is 4. The van der Waals surface area contributed by atoms with Gasteiger partial charge < -0.3 is 0 Å². The average molecular weight is 806 g/mol. The third-order valence-corrected chi connectivity index (χ3v) is 10.6. The summed E-state index contributed by atoms with van der Waals surface area (Å²) in [6.07, 6.45) is 4.68. The van der Waals surface area contributed by atoms with Crippen LogP contribution in [0.5, 0.6) is 0 Å².